The second-order valence-corrected chi connectivity index (χ2v) is 4.94. The van der Waals surface area contributed by atoms with Crippen LogP contribution in [-0.2, 0) is 4.74 Å². The summed E-state index contributed by atoms with van der Waals surface area (Å²) in [5, 5.41) is 9.16. The number of para-hydroxylation sites is 1. The Morgan fingerprint density at radius 2 is 1.84 bits per heavy atom. The number of hydrogen-bond acceptors (Lipinski definition) is 3. The van der Waals surface area contributed by atoms with E-state index < -0.39 is 0 Å². The van der Waals surface area contributed by atoms with E-state index in [1.54, 1.807) is 0 Å². The van der Waals surface area contributed by atoms with Crippen molar-refractivity contribution in [1.29, 1.82) is 5.26 Å². The zero-order chi connectivity index (χ0) is 13.3. The minimum atomic E-state index is 0.0548. The Kier molecular flexibility index (Phi) is 5.71. The Balaban J connectivity index is 1.70. The first-order valence-electron chi connectivity index (χ1n) is 7.09. The number of benzene rings is 1. The lowest BCUT2D eigenvalue weighted by Gasteiger charge is -2.20. The summed E-state index contributed by atoms with van der Waals surface area (Å²) in [6, 6.07) is 12.1. The summed E-state index contributed by atoms with van der Waals surface area (Å²) < 4.78 is 11.4. The van der Waals surface area contributed by atoms with Gasteiger partial charge < -0.3 is 9.47 Å². The van der Waals surface area contributed by atoms with Crippen molar-refractivity contribution >= 4 is 0 Å². The number of ether oxygens (including phenoxy) is 2. The topological polar surface area (TPSA) is 42.2 Å². The third-order valence-electron chi connectivity index (χ3n) is 3.55. The molecular formula is C16H21NO2. The highest BCUT2D eigenvalue weighted by atomic mass is 16.5. The molecular weight excluding hydrogens is 238 g/mol. The van der Waals surface area contributed by atoms with Crippen molar-refractivity contribution in [1.82, 2.24) is 0 Å². The van der Waals surface area contributed by atoms with Crippen molar-refractivity contribution in [2.24, 2.45) is 5.92 Å². The molecule has 2 unspecified atom stereocenters. The maximum atomic E-state index is 9.16. The van der Waals surface area contributed by atoms with Crippen LogP contribution in [-0.4, -0.2) is 19.3 Å². The van der Waals surface area contributed by atoms with Crippen LogP contribution in [0.15, 0.2) is 30.3 Å². The van der Waals surface area contributed by atoms with Crippen molar-refractivity contribution in [2.75, 3.05) is 13.2 Å². The summed E-state index contributed by atoms with van der Waals surface area (Å²) in [5.74, 6) is 0.919. The number of hydrogen-bond donors (Lipinski definition) is 0. The Morgan fingerprint density at radius 3 is 2.63 bits per heavy atom. The molecule has 102 valence electrons. The largest absolute Gasteiger partial charge is 0.491 e. The zero-order valence-electron chi connectivity index (χ0n) is 11.3. The van der Waals surface area contributed by atoms with E-state index in [9.17, 15) is 0 Å². The Hall–Kier alpha value is -1.53. The van der Waals surface area contributed by atoms with E-state index in [-0.39, 0.29) is 12.0 Å². The van der Waals surface area contributed by atoms with Gasteiger partial charge in [0.25, 0.3) is 0 Å². The van der Waals surface area contributed by atoms with E-state index >= 15 is 0 Å². The average molecular weight is 259 g/mol. The second-order valence-electron chi connectivity index (χ2n) is 4.94. The first kappa shape index (κ1) is 13.9. The summed E-state index contributed by atoms with van der Waals surface area (Å²) in [4.78, 5) is 0. The third-order valence-corrected chi connectivity index (χ3v) is 3.55. The quantitative estimate of drug-likeness (QED) is 0.600. The van der Waals surface area contributed by atoms with Gasteiger partial charge in [-0.3, -0.25) is 0 Å². The van der Waals surface area contributed by atoms with E-state index in [1.807, 2.05) is 30.3 Å². The van der Waals surface area contributed by atoms with Crippen LogP contribution >= 0.6 is 0 Å². The van der Waals surface area contributed by atoms with Gasteiger partial charge in [0.05, 0.1) is 24.7 Å². The Bertz CT molecular complexity index is 399. The molecule has 0 saturated heterocycles. The van der Waals surface area contributed by atoms with Gasteiger partial charge in [0.15, 0.2) is 0 Å². The Labute approximate surface area is 115 Å². The van der Waals surface area contributed by atoms with Crippen LogP contribution in [0.3, 0.4) is 0 Å². The highest BCUT2D eigenvalue weighted by Crippen LogP contribution is 2.25. The molecule has 2 atom stereocenters. The molecule has 0 spiro atoms. The van der Waals surface area contributed by atoms with E-state index in [0.717, 1.165) is 25.0 Å². The van der Waals surface area contributed by atoms with E-state index in [2.05, 4.69) is 6.07 Å². The predicted octanol–water partition coefficient (Wildman–Crippen LogP) is 3.55. The number of nitrogens with zero attached hydrogens (tertiary/aromatic N) is 1. The fraction of sp³-hybridized carbons (Fsp3) is 0.562. The summed E-state index contributed by atoms with van der Waals surface area (Å²) in [7, 11) is 0. The molecule has 19 heavy (non-hydrogen) atoms. The highest BCUT2D eigenvalue weighted by Gasteiger charge is 2.23. The van der Waals surface area contributed by atoms with Gasteiger partial charge in [-0.2, -0.15) is 5.26 Å². The minimum Gasteiger partial charge on any atom is -0.491 e. The van der Waals surface area contributed by atoms with E-state index in [4.69, 9.17) is 14.7 Å². The van der Waals surface area contributed by atoms with Crippen molar-refractivity contribution in [3.05, 3.63) is 30.3 Å². The van der Waals surface area contributed by atoms with Gasteiger partial charge in [0.1, 0.15) is 12.4 Å². The van der Waals surface area contributed by atoms with Crippen molar-refractivity contribution in [3.63, 3.8) is 0 Å². The standard InChI is InChI=1S/C16H21NO2/c17-13-14-7-3-1-6-10-16(14)19-12-11-18-15-8-4-2-5-9-15/h2,4-5,8-9,14,16H,1,3,6-7,10-12H2. The van der Waals surface area contributed by atoms with Crippen LogP contribution in [0.2, 0.25) is 0 Å². The monoisotopic (exact) mass is 259 g/mol. The third kappa shape index (κ3) is 4.57. The van der Waals surface area contributed by atoms with Crippen molar-refractivity contribution in [3.8, 4) is 11.8 Å². The molecule has 1 fully saturated rings. The zero-order valence-corrected chi connectivity index (χ0v) is 11.3. The lowest BCUT2D eigenvalue weighted by Crippen LogP contribution is -2.24. The van der Waals surface area contributed by atoms with Crippen LogP contribution in [0, 0.1) is 17.2 Å². The van der Waals surface area contributed by atoms with Crippen LogP contribution in [0.25, 0.3) is 0 Å². The molecule has 3 heteroatoms. The lowest BCUT2D eigenvalue weighted by atomic mass is 9.99. The summed E-state index contributed by atoms with van der Waals surface area (Å²) in [6.45, 7) is 1.09. The molecule has 1 aliphatic rings. The molecule has 1 aromatic rings. The van der Waals surface area contributed by atoms with Gasteiger partial charge in [-0.25, -0.2) is 0 Å². The SMILES string of the molecule is N#CC1CCCCCC1OCCOc1ccccc1. The molecule has 1 aromatic carbocycles. The smallest absolute Gasteiger partial charge is 0.119 e. The summed E-state index contributed by atoms with van der Waals surface area (Å²) >= 11 is 0. The molecule has 3 nitrogen and oxygen atoms in total. The maximum Gasteiger partial charge on any atom is 0.119 e. The first-order chi connectivity index (χ1) is 9.40. The van der Waals surface area contributed by atoms with Crippen molar-refractivity contribution in [2.45, 2.75) is 38.2 Å². The molecule has 0 heterocycles. The van der Waals surface area contributed by atoms with Gasteiger partial charge in [0.2, 0.25) is 0 Å². The molecule has 0 aromatic heterocycles. The van der Waals surface area contributed by atoms with Crippen LogP contribution < -0.4 is 4.74 Å². The molecule has 2 rings (SSSR count). The molecule has 0 amide bonds. The molecule has 0 radical (unpaired) electrons. The highest BCUT2D eigenvalue weighted by molar-refractivity contribution is 5.20. The van der Waals surface area contributed by atoms with Crippen LogP contribution in [0.1, 0.15) is 32.1 Å². The molecule has 0 N–H and O–H groups in total. The molecule has 0 aliphatic heterocycles. The lowest BCUT2D eigenvalue weighted by molar-refractivity contribution is 0.00805. The molecule has 0 bridgehead atoms. The van der Waals surface area contributed by atoms with Crippen molar-refractivity contribution < 1.29 is 9.47 Å². The van der Waals surface area contributed by atoms with Gasteiger partial charge in [0, 0.05) is 0 Å². The average Bonchev–Trinajstić information content (AvgIpc) is 2.69. The second kappa shape index (κ2) is 7.81. The number of nitriles is 1. The molecule has 1 saturated carbocycles. The predicted molar refractivity (Wildman–Crippen MR) is 73.9 cm³/mol. The van der Waals surface area contributed by atoms with Crippen LogP contribution in [0.4, 0.5) is 0 Å². The molecule has 1 aliphatic carbocycles. The van der Waals surface area contributed by atoms with Gasteiger partial charge in [-0.1, -0.05) is 37.5 Å². The fourth-order valence-electron chi connectivity index (χ4n) is 2.50. The fourth-order valence-corrected chi connectivity index (χ4v) is 2.50. The van der Waals surface area contributed by atoms with Gasteiger partial charge in [-0.15, -0.1) is 0 Å². The Morgan fingerprint density at radius 1 is 1.05 bits per heavy atom. The minimum absolute atomic E-state index is 0.0548. The van der Waals surface area contributed by atoms with E-state index in [0.29, 0.717) is 13.2 Å². The first-order valence-corrected chi connectivity index (χ1v) is 7.09. The normalized spacial score (nSPS) is 23.3. The van der Waals surface area contributed by atoms with E-state index in [1.165, 1.54) is 12.8 Å². The van der Waals surface area contributed by atoms with Crippen LogP contribution in [0.5, 0.6) is 5.75 Å². The maximum absolute atomic E-state index is 9.16. The van der Waals surface area contributed by atoms with Gasteiger partial charge in [-0.05, 0) is 25.0 Å². The number of rotatable bonds is 5. The van der Waals surface area contributed by atoms with Gasteiger partial charge >= 0.3 is 0 Å². The summed E-state index contributed by atoms with van der Waals surface area (Å²) in [6.07, 6.45) is 5.61. The summed E-state index contributed by atoms with van der Waals surface area (Å²) in [5.41, 5.74) is 0.